The van der Waals surface area contributed by atoms with E-state index in [1.54, 1.807) is 0 Å². The van der Waals surface area contributed by atoms with E-state index in [1.807, 2.05) is 12.4 Å². The Morgan fingerprint density at radius 3 is 2.32 bits per heavy atom. The third-order valence-corrected chi connectivity index (χ3v) is 5.13. The minimum absolute atomic E-state index is 1.02. The van der Waals surface area contributed by atoms with E-state index in [0.717, 1.165) is 5.65 Å². The highest BCUT2D eigenvalue weighted by atomic mass is 15.0. The van der Waals surface area contributed by atoms with Gasteiger partial charge in [0.15, 0.2) is 0 Å². The molecule has 0 unspecified atom stereocenters. The summed E-state index contributed by atoms with van der Waals surface area (Å²) in [4.78, 5) is 4.64. The van der Waals surface area contributed by atoms with Crippen LogP contribution in [0, 0.1) is 13.8 Å². The third-order valence-electron chi connectivity index (χ3n) is 5.13. The van der Waals surface area contributed by atoms with E-state index in [0.29, 0.717) is 0 Å². The van der Waals surface area contributed by atoms with Gasteiger partial charge in [0, 0.05) is 28.6 Å². The molecule has 0 fully saturated rings. The molecule has 0 saturated heterocycles. The Balaban J connectivity index is 2.08. The van der Waals surface area contributed by atoms with Gasteiger partial charge in [-0.2, -0.15) is 0 Å². The van der Waals surface area contributed by atoms with Crippen molar-refractivity contribution in [2.45, 2.75) is 13.8 Å². The summed E-state index contributed by atoms with van der Waals surface area (Å²) in [7, 11) is 0. The van der Waals surface area contributed by atoms with Crippen molar-refractivity contribution in [3.8, 4) is 11.1 Å². The largest absolute Gasteiger partial charge is 0.299 e. The smallest absolute Gasteiger partial charge is 0.145 e. The number of fused-ring (bicyclic) bond motifs is 6. The van der Waals surface area contributed by atoms with Crippen molar-refractivity contribution in [1.29, 1.82) is 0 Å². The van der Waals surface area contributed by atoms with Gasteiger partial charge in [0.2, 0.25) is 0 Å². The molecule has 2 heterocycles. The zero-order chi connectivity index (χ0) is 17.0. The number of pyridine rings is 1. The molecule has 2 heteroatoms. The minimum Gasteiger partial charge on any atom is -0.299 e. The first-order valence-corrected chi connectivity index (χ1v) is 8.59. The van der Waals surface area contributed by atoms with Crippen LogP contribution in [0.2, 0.25) is 0 Å². The maximum absolute atomic E-state index is 4.64. The van der Waals surface area contributed by atoms with E-state index in [4.69, 9.17) is 0 Å². The van der Waals surface area contributed by atoms with Crippen LogP contribution in [-0.2, 0) is 0 Å². The van der Waals surface area contributed by atoms with E-state index in [1.165, 1.54) is 43.9 Å². The molecule has 0 radical (unpaired) electrons. The number of imidazole rings is 1. The maximum Gasteiger partial charge on any atom is 0.145 e. The first-order valence-electron chi connectivity index (χ1n) is 8.59. The number of hydrogen-bond donors (Lipinski definition) is 0. The summed E-state index contributed by atoms with van der Waals surface area (Å²) >= 11 is 0. The molecule has 5 aromatic rings. The molecule has 0 N–H and O–H groups in total. The van der Waals surface area contributed by atoms with Crippen molar-refractivity contribution in [3.05, 3.63) is 84.2 Å². The second kappa shape index (κ2) is 5.18. The van der Waals surface area contributed by atoms with Crippen LogP contribution < -0.4 is 0 Å². The van der Waals surface area contributed by atoms with E-state index in [2.05, 4.69) is 83.9 Å². The molecular weight excluding hydrogens is 304 g/mol. The van der Waals surface area contributed by atoms with Crippen LogP contribution in [0.1, 0.15) is 11.1 Å². The van der Waals surface area contributed by atoms with Gasteiger partial charge in [-0.15, -0.1) is 0 Å². The molecule has 0 saturated carbocycles. The predicted octanol–water partition coefficient (Wildman–Crippen LogP) is 5.92. The topological polar surface area (TPSA) is 17.3 Å². The van der Waals surface area contributed by atoms with Crippen molar-refractivity contribution < 1.29 is 0 Å². The standard InChI is InChI=1S/C23H18N2/c1-15-7-5-8-16(2)21(15)18-10-6-11-19-22(18)17-9-3-4-12-20(17)25-14-13-24-23(19)25/h3-14H,1-2H3. The van der Waals surface area contributed by atoms with Crippen LogP contribution in [0.25, 0.3) is 38.4 Å². The molecule has 2 nitrogen and oxygen atoms in total. The predicted molar refractivity (Wildman–Crippen MR) is 105 cm³/mol. The Bertz CT molecular complexity index is 1240. The molecule has 0 bridgehead atoms. The molecule has 3 aromatic carbocycles. The average molecular weight is 322 g/mol. The van der Waals surface area contributed by atoms with Crippen LogP contribution in [0.5, 0.6) is 0 Å². The molecule has 25 heavy (non-hydrogen) atoms. The number of hydrogen-bond acceptors (Lipinski definition) is 1. The van der Waals surface area contributed by atoms with Gasteiger partial charge in [0.25, 0.3) is 0 Å². The Morgan fingerprint density at radius 2 is 1.48 bits per heavy atom. The molecule has 0 aliphatic heterocycles. The molecule has 0 spiro atoms. The van der Waals surface area contributed by atoms with Crippen molar-refractivity contribution in [3.63, 3.8) is 0 Å². The van der Waals surface area contributed by atoms with Crippen molar-refractivity contribution in [2.75, 3.05) is 0 Å². The highest BCUT2D eigenvalue weighted by Crippen LogP contribution is 2.38. The summed E-state index contributed by atoms with van der Waals surface area (Å²) in [5.74, 6) is 0. The second-order valence-electron chi connectivity index (χ2n) is 6.63. The van der Waals surface area contributed by atoms with E-state index >= 15 is 0 Å². The van der Waals surface area contributed by atoms with Crippen LogP contribution in [0.4, 0.5) is 0 Å². The summed E-state index contributed by atoms with van der Waals surface area (Å²) in [6.45, 7) is 4.38. The Morgan fingerprint density at radius 1 is 0.760 bits per heavy atom. The molecule has 0 aliphatic carbocycles. The van der Waals surface area contributed by atoms with Gasteiger partial charge in [0.1, 0.15) is 5.65 Å². The summed E-state index contributed by atoms with van der Waals surface area (Å²) in [6, 6.07) is 21.7. The van der Waals surface area contributed by atoms with Gasteiger partial charge in [0.05, 0.1) is 5.52 Å². The van der Waals surface area contributed by atoms with Gasteiger partial charge < -0.3 is 0 Å². The van der Waals surface area contributed by atoms with Crippen LogP contribution >= 0.6 is 0 Å². The molecule has 0 atom stereocenters. The van der Waals surface area contributed by atoms with Crippen molar-refractivity contribution in [2.24, 2.45) is 0 Å². The fourth-order valence-corrected chi connectivity index (χ4v) is 4.07. The van der Waals surface area contributed by atoms with Gasteiger partial charge >= 0.3 is 0 Å². The number of nitrogens with zero attached hydrogens (tertiary/aromatic N) is 2. The number of para-hydroxylation sites is 1. The maximum atomic E-state index is 4.64. The monoisotopic (exact) mass is 322 g/mol. The molecule has 2 aromatic heterocycles. The Hall–Kier alpha value is -3.13. The lowest BCUT2D eigenvalue weighted by Crippen LogP contribution is -1.94. The first-order chi connectivity index (χ1) is 12.3. The molecule has 0 amide bonds. The van der Waals surface area contributed by atoms with Crippen LogP contribution in [0.3, 0.4) is 0 Å². The van der Waals surface area contributed by atoms with Gasteiger partial charge in [-0.3, -0.25) is 4.40 Å². The Labute approximate surface area is 146 Å². The van der Waals surface area contributed by atoms with Gasteiger partial charge in [-0.25, -0.2) is 4.98 Å². The molecular formula is C23H18N2. The van der Waals surface area contributed by atoms with Crippen LogP contribution in [0.15, 0.2) is 73.1 Å². The van der Waals surface area contributed by atoms with Gasteiger partial charge in [-0.1, -0.05) is 54.6 Å². The number of aryl methyl sites for hydroxylation is 2. The quantitative estimate of drug-likeness (QED) is 0.350. The summed E-state index contributed by atoms with van der Waals surface area (Å²) < 4.78 is 2.19. The average Bonchev–Trinajstić information content (AvgIpc) is 3.12. The van der Waals surface area contributed by atoms with E-state index < -0.39 is 0 Å². The zero-order valence-corrected chi connectivity index (χ0v) is 14.3. The summed E-state index contributed by atoms with van der Waals surface area (Å²) in [5.41, 5.74) is 7.44. The molecule has 120 valence electrons. The lowest BCUT2D eigenvalue weighted by molar-refractivity contribution is 1.27. The minimum atomic E-state index is 1.02. The lowest BCUT2D eigenvalue weighted by atomic mass is 9.90. The van der Waals surface area contributed by atoms with Crippen molar-refractivity contribution in [1.82, 2.24) is 9.38 Å². The fraction of sp³-hybridized carbons (Fsp3) is 0.0870. The van der Waals surface area contributed by atoms with E-state index in [9.17, 15) is 0 Å². The normalized spacial score (nSPS) is 11.6. The van der Waals surface area contributed by atoms with E-state index in [-0.39, 0.29) is 0 Å². The summed E-state index contributed by atoms with van der Waals surface area (Å²) in [5, 5.41) is 3.75. The molecule has 5 rings (SSSR count). The number of benzene rings is 3. The van der Waals surface area contributed by atoms with Gasteiger partial charge in [-0.05, 0) is 42.2 Å². The van der Waals surface area contributed by atoms with Crippen molar-refractivity contribution >= 4 is 27.3 Å². The molecule has 0 aliphatic rings. The lowest BCUT2D eigenvalue weighted by Gasteiger charge is -2.16. The second-order valence-corrected chi connectivity index (χ2v) is 6.63. The first kappa shape index (κ1) is 14.2. The highest BCUT2D eigenvalue weighted by Gasteiger charge is 2.15. The summed E-state index contributed by atoms with van der Waals surface area (Å²) in [6.07, 6.45) is 3.93. The fourth-order valence-electron chi connectivity index (χ4n) is 4.07. The number of rotatable bonds is 1. The zero-order valence-electron chi connectivity index (χ0n) is 14.3. The Kier molecular flexibility index (Phi) is 2.95. The highest BCUT2D eigenvalue weighted by molar-refractivity contribution is 6.18. The third kappa shape index (κ3) is 1.94. The SMILES string of the molecule is Cc1cccc(C)c1-c1cccc2c1c1ccccc1n1ccnc21. The van der Waals surface area contributed by atoms with Crippen LogP contribution in [-0.4, -0.2) is 9.38 Å². The number of aromatic nitrogens is 2.